The molecule has 21 heavy (non-hydrogen) atoms. The van der Waals surface area contributed by atoms with Crippen molar-refractivity contribution in [2.45, 2.75) is 6.36 Å². The molecule has 0 saturated heterocycles. The topological polar surface area (TPSA) is 97.5 Å². The highest BCUT2D eigenvalue weighted by Crippen LogP contribution is 2.36. The maximum absolute atomic E-state index is 12.3. The molecule has 0 aliphatic rings. The van der Waals surface area contributed by atoms with E-state index in [-0.39, 0.29) is 16.3 Å². The zero-order valence-corrected chi connectivity index (χ0v) is 11.0. The van der Waals surface area contributed by atoms with Gasteiger partial charge in [0.15, 0.2) is 5.75 Å². The normalized spacial score (nSPS) is 11.2. The number of aromatic hydroxyl groups is 1. The Balaban J connectivity index is 2.35. The summed E-state index contributed by atoms with van der Waals surface area (Å²) in [6, 6.07) is 5.23. The summed E-state index contributed by atoms with van der Waals surface area (Å²) in [5, 5.41) is 11.9. The van der Waals surface area contributed by atoms with Crippen LogP contribution in [0, 0.1) is 0 Å². The fourth-order valence-electron chi connectivity index (χ4n) is 1.50. The number of nitrogens with zero attached hydrogens (tertiary/aromatic N) is 1. The number of hydrogen-bond acceptors (Lipinski definition) is 6. The van der Waals surface area contributed by atoms with Gasteiger partial charge in [-0.15, -0.1) is 13.2 Å². The Morgan fingerprint density at radius 3 is 2.67 bits per heavy atom. The summed E-state index contributed by atoms with van der Waals surface area (Å²) in [7, 11) is 0. The minimum absolute atomic E-state index is 0.0122. The predicted molar refractivity (Wildman–Crippen MR) is 68.7 cm³/mol. The molecule has 0 bridgehead atoms. The third-order valence-electron chi connectivity index (χ3n) is 2.28. The van der Waals surface area contributed by atoms with Crippen LogP contribution >= 0.6 is 11.5 Å². The van der Waals surface area contributed by atoms with Gasteiger partial charge in [0, 0.05) is 0 Å². The molecule has 2 rings (SSSR count). The highest BCUT2D eigenvalue weighted by atomic mass is 32.1. The number of carbonyl (C=O) groups is 1. The minimum Gasteiger partial charge on any atom is -0.492 e. The minimum atomic E-state index is -4.86. The SMILES string of the molecule is NC(=O)c1c(O)nsc1Nc1ccccc1OC(F)(F)F. The molecule has 0 atom stereocenters. The molecule has 0 aliphatic heterocycles. The molecule has 4 N–H and O–H groups in total. The van der Waals surface area contributed by atoms with E-state index in [1.165, 1.54) is 18.2 Å². The molecule has 0 saturated carbocycles. The van der Waals surface area contributed by atoms with Crippen LogP contribution in [0.1, 0.15) is 10.4 Å². The highest BCUT2D eigenvalue weighted by molar-refractivity contribution is 7.11. The number of ether oxygens (including phenoxy) is 1. The van der Waals surface area contributed by atoms with E-state index >= 15 is 0 Å². The summed E-state index contributed by atoms with van der Waals surface area (Å²) in [5.41, 5.74) is 4.71. The number of anilines is 2. The van der Waals surface area contributed by atoms with Crippen LogP contribution in [-0.2, 0) is 0 Å². The summed E-state index contributed by atoms with van der Waals surface area (Å²) in [6.45, 7) is 0. The Morgan fingerprint density at radius 2 is 2.05 bits per heavy atom. The number of rotatable bonds is 4. The molecule has 1 amide bonds. The van der Waals surface area contributed by atoms with Gasteiger partial charge in [-0.2, -0.15) is 4.37 Å². The molecule has 10 heteroatoms. The maximum atomic E-state index is 12.3. The van der Waals surface area contributed by atoms with Crippen molar-refractivity contribution in [2.24, 2.45) is 5.73 Å². The van der Waals surface area contributed by atoms with Crippen molar-refractivity contribution in [3.05, 3.63) is 29.8 Å². The van der Waals surface area contributed by atoms with Crippen LogP contribution in [-0.4, -0.2) is 21.7 Å². The Kier molecular flexibility index (Phi) is 3.89. The molecule has 6 nitrogen and oxygen atoms in total. The number of primary amides is 1. The molecular weight excluding hydrogens is 311 g/mol. The molecule has 2 aromatic rings. The predicted octanol–water partition coefficient (Wildman–Crippen LogP) is 2.59. The van der Waals surface area contributed by atoms with Crippen LogP contribution in [0.4, 0.5) is 23.9 Å². The number of para-hydroxylation sites is 2. The van der Waals surface area contributed by atoms with Gasteiger partial charge in [-0.25, -0.2) is 0 Å². The molecule has 0 unspecified atom stereocenters. The van der Waals surface area contributed by atoms with Crippen molar-refractivity contribution in [3.8, 4) is 11.6 Å². The van der Waals surface area contributed by atoms with Crippen molar-refractivity contribution in [1.29, 1.82) is 0 Å². The molecule has 112 valence electrons. The van der Waals surface area contributed by atoms with Gasteiger partial charge in [-0.1, -0.05) is 12.1 Å². The van der Waals surface area contributed by atoms with E-state index in [1.54, 1.807) is 0 Å². The Bertz CT molecular complexity index is 672. The number of aromatic nitrogens is 1. The van der Waals surface area contributed by atoms with Crippen molar-refractivity contribution >= 4 is 28.1 Å². The second-order valence-electron chi connectivity index (χ2n) is 3.74. The van der Waals surface area contributed by atoms with Gasteiger partial charge in [0.2, 0.25) is 5.88 Å². The fourth-order valence-corrected chi connectivity index (χ4v) is 2.20. The van der Waals surface area contributed by atoms with Crippen LogP contribution in [0.3, 0.4) is 0 Å². The number of nitrogens with two attached hydrogens (primary N) is 1. The van der Waals surface area contributed by atoms with E-state index < -0.39 is 23.9 Å². The largest absolute Gasteiger partial charge is 0.573 e. The van der Waals surface area contributed by atoms with E-state index in [0.717, 1.165) is 6.07 Å². The van der Waals surface area contributed by atoms with Crippen LogP contribution in [0.5, 0.6) is 11.6 Å². The second-order valence-corrected chi connectivity index (χ2v) is 4.52. The summed E-state index contributed by atoms with van der Waals surface area (Å²) < 4.78 is 44.3. The molecular formula is C11H8F3N3O3S. The van der Waals surface area contributed by atoms with E-state index in [2.05, 4.69) is 14.4 Å². The zero-order chi connectivity index (χ0) is 15.6. The number of hydrogen-bond donors (Lipinski definition) is 3. The van der Waals surface area contributed by atoms with E-state index in [0.29, 0.717) is 11.5 Å². The lowest BCUT2D eigenvalue weighted by Crippen LogP contribution is -2.18. The molecule has 1 heterocycles. The van der Waals surface area contributed by atoms with Gasteiger partial charge < -0.3 is 20.9 Å². The molecule has 0 radical (unpaired) electrons. The van der Waals surface area contributed by atoms with Crippen LogP contribution in [0.25, 0.3) is 0 Å². The Labute approximate surface area is 120 Å². The van der Waals surface area contributed by atoms with Crippen LogP contribution in [0.15, 0.2) is 24.3 Å². The first-order chi connectivity index (χ1) is 9.78. The first kappa shape index (κ1) is 14.9. The van der Waals surface area contributed by atoms with Gasteiger partial charge in [0.1, 0.15) is 10.6 Å². The lowest BCUT2D eigenvalue weighted by molar-refractivity contribution is -0.274. The van der Waals surface area contributed by atoms with Gasteiger partial charge in [-0.05, 0) is 23.7 Å². The number of carbonyl (C=O) groups excluding carboxylic acids is 1. The van der Waals surface area contributed by atoms with Crippen molar-refractivity contribution in [3.63, 3.8) is 0 Å². The molecule has 1 aromatic carbocycles. The summed E-state index contributed by atoms with van der Waals surface area (Å²) in [4.78, 5) is 11.2. The van der Waals surface area contributed by atoms with E-state index in [9.17, 15) is 23.1 Å². The zero-order valence-electron chi connectivity index (χ0n) is 10.1. The third kappa shape index (κ3) is 3.54. The van der Waals surface area contributed by atoms with Gasteiger partial charge in [0.25, 0.3) is 5.91 Å². The van der Waals surface area contributed by atoms with Gasteiger partial charge in [-0.3, -0.25) is 4.79 Å². The smallest absolute Gasteiger partial charge is 0.492 e. The lowest BCUT2D eigenvalue weighted by atomic mass is 10.2. The summed E-state index contributed by atoms with van der Waals surface area (Å²) in [5.74, 6) is -2.05. The number of amides is 1. The third-order valence-corrected chi connectivity index (χ3v) is 3.03. The first-order valence-electron chi connectivity index (χ1n) is 5.38. The quantitative estimate of drug-likeness (QED) is 0.805. The van der Waals surface area contributed by atoms with Gasteiger partial charge in [0.05, 0.1) is 5.69 Å². The van der Waals surface area contributed by atoms with E-state index in [1.807, 2.05) is 0 Å². The van der Waals surface area contributed by atoms with E-state index in [4.69, 9.17) is 5.73 Å². The Hall–Kier alpha value is -2.49. The summed E-state index contributed by atoms with van der Waals surface area (Å²) >= 11 is 0.677. The highest BCUT2D eigenvalue weighted by Gasteiger charge is 2.32. The van der Waals surface area contributed by atoms with Crippen LogP contribution in [0.2, 0.25) is 0 Å². The lowest BCUT2D eigenvalue weighted by Gasteiger charge is -2.13. The van der Waals surface area contributed by atoms with Crippen molar-refractivity contribution < 1.29 is 27.8 Å². The maximum Gasteiger partial charge on any atom is 0.573 e. The number of alkyl halides is 3. The molecule has 0 aliphatic carbocycles. The van der Waals surface area contributed by atoms with Crippen molar-refractivity contribution in [2.75, 3.05) is 5.32 Å². The molecule has 0 fully saturated rings. The fraction of sp³-hybridized carbons (Fsp3) is 0.0909. The monoisotopic (exact) mass is 319 g/mol. The average molecular weight is 319 g/mol. The Morgan fingerprint density at radius 1 is 1.38 bits per heavy atom. The average Bonchev–Trinajstić information content (AvgIpc) is 2.71. The van der Waals surface area contributed by atoms with Gasteiger partial charge >= 0.3 is 6.36 Å². The summed E-state index contributed by atoms with van der Waals surface area (Å²) in [6.07, 6.45) is -4.86. The van der Waals surface area contributed by atoms with Crippen molar-refractivity contribution in [1.82, 2.24) is 4.37 Å². The number of halogens is 3. The number of benzene rings is 1. The standard InChI is InChI=1S/C11H8F3N3O3S/c12-11(13,14)20-6-4-2-1-3-5(6)16-10-7(8(15)18)9(19)17-21-10/h1-4,16H,(H2,15,18)(H,17,19). The second kappa shape index (κ2) is 5.48. The molecule has 1 aromatic heterocycles. The number of nitrogens with one attached hydrogen (secondary N) is 1. The van der Waals surface area contributed by atoms with Crippen LogP contribution < -0.4 is 15.8 Å². The first-order valence-corrected chi connectivity index (χ1v) is 6.15. The molecule has 0 spiro atoms.